The minimum absolute atomic E-state index is 0.0145. The summed E-state index contributed by atoms with van der Waals surface area (Å²) in [4.78, 5) is 78.2. The third-order valence-corrected chi connectivity index (χ3v) is 10.7. The lowest BCUT2D eigenvalue weighted by atomic mass is 9.98. The van der Waals surface area contributed by atoms with Crippen LogP contribution in [-0.2, 0) is 30.5 Å². The fraction of sp³-hybridized carbons (Fsp3) is 0.455. The second kappa shape index (κ2) is 22.3. The normalized spacial score (nSPS) is 14.3. The largest absolute Gasteiger partial charge is 0.449 e. The molecule has 1 saturated heterocycles. The smallest absolute Gasteiger partial charge is 0.424 e. The molecule has 0 bridgehead atoms. The lowest BCUT2D eigenvalue weighted by Gasteiger charge is -2.34. The second-order valence-corrected chi connectivity index (χ2v) is 15.4. The van der Waals surface area contributed by atoms with Crippen molar-refractivity contribution in [3.63, 3.8) is 0 Å². The van der Waals surface area contributed by atoms with Crippen molar-refractivity contribution in [2.75, 3.05) is 37.7 Å². The molecule has 16 heteroatoms. The molecule has 322 valence electrons. The molecule has 7 amide bonds. The lowest BCUT2D eigenvalue weighted by Crippen LogP contribution is -2.57. The number of urea groups is 1. The first-order chi connectivity index (χ1) is 28.9. The van der Waals surface area contributed by atoms with Gasteiger partial charge >= 0.3 is 18.2 Å². The number of rotatable bonds is 20. The number of anilines is 1. The highest BCUT2D eigenvalue weighted by Crippen LogP contribution is 2.44. The number of primary amides is 2. The van der Waals surface area contributed by atoms with E-state index in [9.17, 15) is 28.8 Å². The van der Waals surface area contributed by atoms with Gasteiger partial charge in [-0.2, -0.15) is 0 Å². The number of hydrazine groups is 1. The number of hydrogen-bond donors (Lipinski definition) is 6. The Morgan fingerprint density at radius 1 is 0.817 bits per heavy atom. The number of nitrogens with two attached hydrogens (primary N) is 2. The number of carbonyl (C=O) groups excluding carboxylic acids is 6. The van der Waals surface area contributed by atoms with Crippen molar-refractivity contribution >= 4 is 41.6 Å². The van der Waals surface area contributed by atoms with Crippen LogP contribution in [0, 0.1) is 5.92 Å². The third kappa shape index (κ3) is 12.4. The van der Waals surface area contributed by atoms with Gasteiger partial charge in [0.15, 0.2) is 0 Å². The van der Waals surface area contributed by atoms with Crippen molar-refractivity contribution in [2.45, 2.75) is 89.8 Å². The van der Waals surface area contributed by atoms with Crippen molar-refractivity contribution in [1.29, 1.82) is 0 Å². The maximum absolute atomic E-state index is 14.4. The van der Waals surface area contributed by atoms with Gasteiger partial charge in [0.2, 0.25) is 11.8 Å². The monoisotopic (exact) mass is 826 g/mol. The average molecular weight is 827 g/mol. The summed E-state index contributed by atoms with van der Waals surface area (Å²) in [5.41, 5.74) is 19.7. The molecule has 0 radical (unpaired) electrons. The van der Waals surface area contributed by atoms with Crippen LogP contribution in [0.4, 0.5) is 20.1 Å². The van der Waals surface area contributed by atoms with Gasteiger partial charge in [-0.15, -0.1) is 0 Å². The molecule has 0 unspecified atom stereocenters. The van der Waals surface area contributed by atoms with Crippen LogP contribution in [0.2, 0.25) is 0 Å². The Hall–Kier alpha value is -6.16. The Balaban J connectivity index is 1.12. The van der Waals surface area contributed by atoms with E-state index in [1.807, 2.05) is 24.3 Å². The minimum atomic E-state index is -1.12. The maximum atomic E-state index is 14.4. The highest BCUT2D eigenvalue weighted by molar-refractivity contribution is 6.04. The Morgan fingerprint density at radius 3 is 2.10 bits per heavy atom. The Bertz CT molecular complexity index is 1910. The van der Waals surface area contributed by atoms with Crippen LogP contribution in [0.1, 0.15) is 87.8 Å². The molecule has 1 aliphatic carbocycles. The number of benzene rings is 3. The summed E-state index contributed by atoms with van der Waals surface area (Å²) in [6.07, 6.45) is 3.16. The summed E-state index contributed by atoms with van der Waals surface area (Å²) in [6, 6.07) is 20.1. The summed E-state index contributed by atoms with van der Waals surface area (Å²) in [6.45, 7) is 5.56. The van der Waals surface area contributed by atoms with Crippen LogP contribution in [0.15, 0.2) is 72.8 Å². The topological polar surface area (TPSA) is 228 Å². The van der Waals surface area contributed by atoms with E-state index in [0.717, 1.165) is 35.1 Å². The van der Waals surface area contributed by atoms with Crippen molar-refractivity contribution in [1.82, 2.24) is 26.4 Å². The van der Waals surface area contributed by atoms with E-state index in [1.54, 1.807) is 38.1 Å². The van der Waals surface area contributed by atoms with Gasteiger partial charge in [-0.05, 0) is 84.4 Å². The second-order valence-electron chi connectivity index (χ2n) is 15.4. The van der Waals surface area contributed by atoms with E-state index >= 15 is 0 Å². The van der Waals surface area contributed by atoms with E-state index in [-0.39, 0.29) is 56.8 Å². The highest BCUT2D eigenvalue weighted by atomic mass is 16.6. The molecule has 3 aromatic rings. The number of alkyl carbamates (subject to hydrolysis) is 1. The first-order valence-corrected chi connectivity index (χ1v) is 20.7. The number of nitrogens with one attached hydrogen (secondary N) is 4. The Labute approximate surface area is 351 Å². The van der Waals surface area contributed by atoms with Crippen molar-refractivity contribution in [3.05, 3.63) is 89.5 Å². The zero-order valence-electron chi connectivity index (χ0n) is 34.5. The fourth-order valence-corrected chi connectivity index (χ4v) is 7.52. The van der Waals surface area contributed by atoms with Crippen molar-refractivity contribution < 1.29 is 38.2 Å². The summed E-state index contributed by atoms with van der Waals surface area (Å²) in [5, 5.41) is 9.59. The molecule has 0 spiro atoms. The summed E-state index contributed by atoms with van der Waals surface area (Å²) in [7, 11) is 0. The molecule has 8 N–H and O–H groups in total. The number of hydrogen-bond acceptors (Lipinski definition) is 9. The molecular formula is C44H58N8O8. The molecule has 0 aromatic heterocycles. The molecule has 1 fully saturated rings. The van der Waals surface area contributed by atoms with Crippen molar-refractivity contribution in [2.24, 2.45) is 17.4 Å². The number of nitrogens with zero attached hydrogens (tertiary/aromatic N) is 2. The minimum Gasteiger partial charge on any atom is -0.449 e. The lowest BCUT2D eigenvalue weighted by molar-refractivity contribution is -0.130. The predicted octanol–water partition coefficient (Wildman–Crippen LogP) is 4.80. The van der Waals surface area contributed by atoms with E-state index in [1.165, 1.54) is 9.91 Å². The average Bonchev–Trinajstić information content (AvgIpc) is 3.56. The zero-order chi connectivity index (χ0) is 43.0. The van der Waals surface area contributed by atoms with Crippen LogP contribution in [0.5, 0.6) is 0 Å². The van der Waals surface area contributed by atoms with Crippen molar-refractivity contribution in [3.8, 4) is 11.1 Å². The van der Waals surface area contributed by atoms with Crippen LogP contribution < -0.4 is 37.7 Å². The molecular weight excluding hydrogens is 769 g/mol. The quantitative estimate of drug-likeness (QED) is 0.0859. The van der Waals surface area contributed by atoms with Gasteiger partial charge in [0.25, 0.3) is 5.91 Å². The molecule has 2 atom stereocenters. The SMILES string of the molecule is CC(C)[C@H](NC(=O)CCCCCNC(=O)OCC1c2ccccc2-c2ccccc21)C(=O)N(c1ccc(COC(=O)N2CCCCN2)cc1)[C@@H](CCCNC(N)=O)C(N)=O. The molecule has 1 heterocycles. The van der Waals surface area contributed by atoms with Gasteiger partial charge in [-0.25, -0.2) is 24.8 Å². The van der Waals surface area contributed by atoms with Gasteiger partial charge in [-0.3, -0.25) is 19.3 Å². The van der Waals surface area contributed by atoms with Gasteiger partial charge in [0, 0.05) is 44.2 Å². The van der Waals surface area contributed by atoms with Crippen LogP contribution in [0.3, 0.4) is 0 Å². The van der Waals surface area contributed by atoms with Gasteiger partial charge in [-0.1, -0.05) is 80.9 Å². The number of unbranched alkanes of at least 4 members (excludes halogenated alkanes) is 2. The Morgan fingerprint density at radius 2 is 1.48 bits per heavy atom. The number of ether oxygens (including phenoxy) is 2. The standard InChI is InChI=1S/C44H58N8O8/c1-29(2)39(50-38(53)18-4-3-9-23-48-43(57)59-28-36-34-15-7-5-13-32(34)33-14-6-8-16-35(33)36)41(55)52(37(40(45)54)17-12-24-47-42(46)56)31-21-19-30(20-22-31)27-60-44(58)51-26-11-10-25-49-51/h5-8,13-16,19-22,29,36-37,39,49H,3-4,9-12,17-18,23-28H2,1-2H3,(H2,45,54)(H,48,57)(H,50,53)(H3,46,47,56)/t37-,39-/m0/s1. The molecule has 2 aliphatic rings. The van der Waals surface area contributed by atoms with Crippen LogP contribution in [0.25, 0.3) is 11.1 Å². The fourth-order valence-electron chi connectivity index (χ4n) is 7.52. The maximum Gasteiger partial charge on any atom is 0.424 e. The number of fused-ring (bicyclic) bond motifs is 3. The molecule has 5 rings (SSSR count). The third-order valence-electron chi connectivity index (χ3n) is 10.7. The first-order valence-electron chi connectivity index (χ1n) is 20.7. The molecule has 16 nitrogen and oxygen atoms in total. The molecule has 1 aliphatic heterocycles. The van der Waals surface area contributed by atoms with Gasteiger partial charge in [0.05, 0.1) is 0 Å². The van der Waals surface area contributed by atoms with Gasteiger partial charge in [0.1, 0.15) is 25.3 Å². The first kappa shape index (κ1) is 44.9. The molecule has 60 heavy (non-hydrogen) atoms. The predicted molar refractivity (Wildman–Crippen MR) is 226 cm³/mol. The summed E-state index contributed by atoms with van der Waals surface area (Å²) >= 11 is 0. The molecule has 3 aromatic carbocycles. The van der Waals surface area contributed by atoms with E-state index < -0.39 is 42.1 Å². The van der Waals surface area contributed by atoms with E-state index in [0.29, 0.717) is 50.1 Å². The van der Waals surface area contributed by atoms with Crippen LogP contribution >= 0.6 is 0 Å². The Kier molecular flexibility index (Phi) is 16.7. The van der Waals surface area contributed by atoms with Crippen LogP contribution in [-0.4, -0.2) is 85.8 Å². The number of amides is 7. The summed E-state index contributed by atoms with van der Waals surface area (Å²) in [5.74, 6) is -2.04. The van der Waals surface area contributed by atoms with E-state index in [4.69, 9.17) is 20.9 Å². The van der Waals surface area contributed by atoms with Gasteiger partial charge < -0.3 is 36.9 Å². The zero-order valence-corrected chi connectivity index (χ0v) is 34.5. The number of carbonyl (C=O) groups is 6. The molecule has 0 saturated carbocycles. The summed E-state index contributed by atoms with van der Waals surface area (Å²) < 4.78 is 11.1. The van der Waals surface area contributed by atoms with E-state index in [2.05, 4.69) is 45.6 Å². The highest BCUT2D eigenvalue weighted by Gasteiger charge is 2.36.